The molecule has 0 aliphatic carbocycles. The summed E-state index contributed by atoms with van der Waals surface area (Å²) in [5.74, 6) is 0. The first-order valence-electron chi connectivity index (χ1n) is 4.70. The second-order valence-electron chi connectivity index (χ2n) is 3.41. The van der Waals surface area contributed by atoms with Gasteiger partial charge in [-0.3, -0.25) is 0 Å². The summed E-state index contributed by atoms with van der Waals surface area (Å²) in [5.41, 5.74) is 0.320. The molecule has 0 saturated heterocycles. The predicted octanol–water partition coefficient (Wildman–Crippen LogP) is 3.02. The maximum Gasteiger partial charge on any atom is 0.416 e. The maximum absolute atomic E-state index is 12.7. The van der Waals surface area contributed by atoms with E-state index in [1.165, 1.54) is 24.7 Å². The standard InChI is InChI=1S/C11H9F3N2/c12-11(13,14)10-4-2-1-3-8(10)5-9-6-15-7-16-9/h1-4,6-7H,5H2,(H,15,16). The Morgan fingerprint density at radius 3 is 2.56 bits per heavy atom. The summed E-state index contributed by atoms with van der Waals surface area (Å²) in [6, 6.07) is 5.55. The van der Waals surface area contributed by atoms with E-state index in [9.17, 15) is 13.2 Å². The molecule has 0 spiro atoms. The van der Waals surface area contributed by atoms with Gasteiger partial charge in [-0.05, 0) is 11.6 Å². The van der Waals surface area contributed by atoms with Gasteiger partial charge in [-0.15, -0.1) is 0 Å². The lowest BCUT2D eigenvalue weighted by molar-refractivity contribution is -0.138. The lowest BCUT2D eigenvalue weighted by atomic mass is 10.0. The van der Waals surface area contributed by atoms with E-state index in [0.717, 1.165) is 6.07 Å². The number of aromatic nitrogens is 2. The predicted molar refractivity (Wildman–Crippen MR) is 52.8 cm³/mol. The first-order chi connectivity index (χ1) is 7.57. The van der Waals surface area contributed by atoms with Crippen molar-refractivity contribution in [1.29, 1.82) is 0 Å². The van der Waals surface area contributed by atoms with Crippen molar-refractivity contribution in [2.24, 2.45) is 0 Å². The molecule has 1 aromatic heterocycles. The van der Waals surface area contributed by atoms with Gasteiger partial charge >= 0.3 is 6.18 Å². The topological polar surface area (TPSA) is 28.7 Å². The van der Waals surface area contributed by atoms with Crippen LogP contribution in [0.3, 0.4) is 0 Å². The Labute approximate surface area is 90.1 Å². The van der Waals surface area contributed by atoms with Gasteiger partial charge < -0.3 is 4.98 Å². The summed E-state index contributed by atoms with van der Waals surface area (Å²) in [4.78, 5) is 6.56. The molecule has 2 nitrogen and oxygen atoms in total. The Morgan fingerprint density at radius 2 is 1.94 bits per heavy atom. The number of rotatable bonds is 2. The summed E-state index contributed by atoms with van der Waals surface area (Å²) in [6.45, 7) is 0. The van der Waals surface area contributed by atoms with Crippen molar-refractivity contribution >= 4 is 0 Å². The van der Waals surface area contributed by atoms with Crippen molar-refractivity contribution in [3.63, 3.8) is 0 Å². The average molecular weight is 226 g/mol. The Bertz CT molecular complexity index is 460. The zero-order chi connectivity index (χ0) is 11.6. The Morgan fingerprint density at radius 1 is 1.19 bits per heavy atom. The molecule has 0 saturated carbocycles. The number of hydrogen-bond donors (Lipinski definition) is 1. The van der Waals surface area contributed by atoms with Gasteiger partial charge in [0, 0.05) is 18.3 Å². The molecule has 2 rings (SSSR count). The number of alkyl halides is 3. The van der Waals surface area contributed by atoms with Gasteiger partial charge in [0.05, 0.1) is 11.9 Å². The summed E-state index contributed by atoms with van der Waals surface area (Å²) >= 11 is 0. The van der Waals surface area contributed by atoms with Crippen LogP contribution in [0.5, 0.6) is 0 Å². The van der Waals surface area contributed by atoms with Gasteiger partial charge in [0.15, 0.2) is 0 Å². The molecule has 16 heavy (non-hydrogen) atoms. The maximum atomic E-state index is 12.7. The highest BCUT2D eigenvalue weighted by Gasteiger charge is 2.32. The highest BCUT2D eigenvalue weighted by molar-refractivity contribution is 5.32. The molecule has 0 aliphatic rings. The van der Waals surface area contributed by atoms with Crippen molar-refractivity contribution in [3.8, 4) is 0 Å². The molecule has 2 aromatic rings. The number of imidazole rings is 1. The van der Waals surface area contributed by atoms with Gasteiger partial charge in [0.2, 0.25) is 0 Å². The van der Waals surface area contributed by atoms with E-state index >= 15 is 0 Å². The molecular formula is C11H9F3N2. The molecule has 0 amide bonds. The average Bonchev–Trinajstić information content (AvgIpc) is 2.70. The molecule has 1 N–H and O–H groups in total. The quantitative estimate of drug-likeness (QED) is 0.837. The molecule has 5 heteroatoms. The number of H-pyrrole nitrogens is 1. The Kier molecular flexibility index (Phi) is 2.68. The number of nitrogens with one attached hydrogen (secondary N) is 1. The first-order valence-corrected chi connectivity index (χ1v) is 4.70. The third kappa shape index (κ3) is 2.24. The minimum atomic E-state index is -4.31. The zero-order valence-corrected chi connectivity index (χ0v) is 8.25. The van der Waals surface area contributed by atoms with Crippen LogP contribution in [0.4, 0.5) is 13.2 Å². The Hall–Kier alpha value is -1.78. The molecule has 0 unspecified atom stereocenters. The minimum Gasteiger partial charge on any atom is -0.348 e. The second-order valence-corrected chi connectivity index (χ2v) is 3.41. The van der Waals surface area contributed by atoms with E-state index in [1.807, 2.05) is 0 Å². The fourth-order valence-electron chi connectivity index (χ4n) is 1.54. The molecule has 1 heterocycles. The molecule has 84 valence electrons. The van der Waals surface area contributed by atoms with Crippen molar-refractivity contribution in [2.45, 2.75) is 12.6 Å². The second kappa shape index (κ2) is 4.00. The van der Waals surface area contributed by atoms with Crippen molar-refractivity contribution in [1.82, 2.24) is 9.97 Å². The normalized spacial score (nSPS) is 11.7. The number of aromatic amines is 1. The van der Waals surface area contributed by atoms with Crippen LogP contribution in [0.25, 0.3) is 0 Å². The largest absolute Gasteiger partial charge is 0.416 e. The van der Waals surface area contributed by atoms with Crippen molar-refractivity contribution in [2.75, 3.05) is 0 Å². The van der Waals surface area contributed by atoms with E-state index in [-0.39, 0.29) is 12.0 Å². The summed E-state index contributed by atoms with van der Waals surface area (Å²) in [5, 5.41) is 0. The van der Waals surface area contributed by atoms with Crippen LogP contribution in [0.1, 0.15) is 16.8 Å². The van der Waals surface area contributed by atoms with Crippen LogP contribution in [-0.2, 0) is 12.6 Å². The zero-order valence-electron chi connectivity index (χ0n) is 8.25. The number of halogens is 3. The number of nitrogens with zero attached hydrogens (tertiary/aromatic N) is 1. The molecule has 0 bridgehead atoms. The fraction of sp³-hybridized carbons (Fsp3) is 0.182. The van der Waals surface area contributed by atoms with Gasteiger partial charge in [0.1, 0.15) is 0 Å². The first kappa shape index (κ1) is 10.7. The van der Waals surface area contributed by atoms with Gasteiger partial charge in [-0.2, -0.15) is 13.2 Å². The summed E-state index contributed by atoms with van der Waals surface area (Å²) in [6.07, 6.45) is -1.13. The molecule has 0 aliphatic heterocycles. The van der Waals surface area contributed by atoms with Crippen LogP contribution in [0, 0.1) is 0 Å². The number of benzene rings is 1. The molecular weight excluding hydrogens is 217 g/mol. The molecule has 0 radical (unpaired) electrons. The van der Waals surface area contributed by atoms with Crippen LogP contribution in [0.2, 0.25) is 0 Å². The lowest BCUT2D eigenvalue weighted by Crippen LogP contribution is -2.09. The van der Waals surface area contributed by atoms with E-state index < -0.39 is 11.7 Å². The van der Waals surface area contributed by atoms with E-state index in [2.05, 4.69) is 9.97 Å². The van der Waals surface area contributed by atoms with Crippen LogP contribution >= 0.6 is 0 Å². The van der Waals surface area contributed by atoms with Crippen LogP contribution in [0.15, 0.2) is 36.8 Å². The SMILES string of the molecule is FC(F)(F)c1ccccc1Cc1cnc[nH]1. The third-order valence-electron chi connectivity index (χ3n) is 2.26. The van der Waals surface area contributed by atoms with Gasteiger partial charge in [-0.1, -0.05) is 18.2 Å². The lowest BCUT2D eigenvalue weighted by Gasteiger charge is -2.11. The monoisotopic (exact) mass is 226 g/mol. The minimum absolute atomic E-state index is 0.204. The van der Waals surface area contributed by atoms with E-state index in [4.69, 9.17) is 0 Å². The van der Waals surface area contributed by atoms with Gasteiger partial charge in [0.25, 0.3) is 0 Å². The Balaban J connectivity index is 2.34. The highest BCUT2D eigenvalue weighted by Crippen LogP contribution is 2.32. The summed E-state index contributed by atoms with van der Waals surface area (Å²) in [7, 11) is 0. The smallest absolute Gasteiger partial charge is 0.348 e. The van der Waals surface area contributed by atoms with Crippen LogP contribution < -0.4 is 0 Å². The van der Waals surface area contributed by atoms with E-state index in [0.29, 0.717) is 5.69 Å². The number of hydrogen-bond acceptors (Lipinski definition) is 1. The van der Waals surface area contributed by atoms with Crippen molar-refractivity contribution < 1.29 is 13.2 Å². The van der Waals surface area contributed by atoms with E-state index in [1.54, 1.807) is 6.07 Å². The fourth-order valence-corrected chi connectivity index (χ4v) is 1.54. The highest BCUT2D eigenvalue weighted by atomic mass is 19.4. The molecule has 0 fully saturated rings. The van der Waals surface area contributed by atoms with Crippen molar-refractivity contribution in [3.05, 3.63) is 53.6 Å². The molecule has 0 atom stereocenters. The van der Waals surface area contributed by atoms with Crippen LogP contribution in [-0.4, -0.2) is 9.97 Å². The van der Waals surface area contributed by atoms with Gasteiger partial charge in [-0.25, -0.2) is 4.98 Å². The third-order valence-corrected chi connectivity index (χ3v) is 2.26. The molecule has 1 aromatic carbocycles. The summed E-state index contributed by atoms with van der Waals surface area (Å²) < 4.78 is 38.0.